The van der Waals surface area contributed by atoms with Gasteiger partial charge in [0.1, 0.15) is 16.6 Å². The summed E-state index contributed by atoms with van der Waals surface area (Å²) in [4.78, 5) is 2.24. The number of piperazine rings is 1. The Morgan fingerprint density at radius 2 is 2.06 bits per heavy atom. The number of hydrogen-bond acceptors (Lipinski definition) is 3. The van der Waals surface area contributed by atoms with Crippen LogP contribution in [-0.4, -0.2) is 36.2 Å². The van der Waals surface area contributed by atoms with Crippen LogP contribution in [0.4, 0.5) is 4.39 Å². The van der Waals surface area contributed by atoms with Crippen LogP contribution in [0, 0.1) is 5.82 Å². The molecule has 1 aliphatic heterocycles. The van der Waals surface area contributed by atoms with Gasteiger partial charge in [0.2, 0.25) is 0 Å². The molecule has 0 bridgehead atoms. The molecule has 1 aromatic rings. The molecular weight excluding hydrogens is 243 g/mol. The molecule has 5 heteroatoms. The Morgan fingerprint density at radius 3 is 2.71 bits per heavy atom. The van der Waals surface area contributed by atoms with Crippen molar-refractivity contribution in [1.29, 1.82) is 0 Å². The minimum Gasteiger partial charge on any atom is -0.506 e. The van der Waals surface area contributed by atoms with Crippen LogP contribution in [0.15, 0.2) is 12.1 Å². The molecule has 0 unspecified atom stereocenters. The lowest BCUT2D eigenvalue weighted by atomic mass is 10.0. The van der Waals surface area contributed by atoms with Crippen LogP contribution in [0.1, 0.15) is 18.5 Å². The normalized spacial score (nSPS) is 19.2. The van der Waals surface area contributed by atoms with E-state index in [1.165, 1.54) is 6.07 Å². The molecule has 1 aromatic carbocycles. The second-order valence-corrected chi connectivity index (χ2v) is 4.64. The molecule has 94 valence electrons. The van der Waals surface area contributed by atoms with Crippen LogP contribution < -0.4 is 5.32 Å². The van der Waals surface area contributed by atoms with Crippen molar-refractivity contribution in [1.82, 2.24) is 10.2 Å². The molecule has 2 N–H and O–H groups in total. The highest BCUT2D eigenvalue weighted by atomic mass is 35.5. The fourth-order valence-corrected chi connectivity index (χ4v) is 2.33. The minimum absolute atomic E-state index is 0.0372. The summed E-state index contributed by atoms with van der Waals surface area (Å²) in [5, 5.41) is 12.9. The predicted molar refractivity (Wildman–Crippen MR) is 65.9 cm³/mol. The number of phenolic OH excluding ortho intramolecular Hbond substituents is 1. The molecule has 1 fully saturated rings. The Labute approximate surface area is 105 Å². The standard InChI is InChI=1S/C12H16ClFN2O/c1-8(16-6-4-15-5-7-16)9-2-3-10(14)11(13)12(9)17/h2-3,8,15,17H,4-7H2,1H3/t8-/m1/s1. The SMILES string of the molecule is C[C@H](c1ccc(F)c(Cl)c1O)N1CCNCC1. The van der Waals surface area contributed by atoms with Gasteiger partial charge in [0.15, 0.2) is 0 Å². The molecule has 0 radical (unpaired) electrons. The second-order valence-electron chi connectivity index (χ2n) is 4.26. The highest BCUT2D eigenvalue weighted by molar-refractivity contribution is 6.32. The summed E-state index contributed by atoms with van der Waals surface area (Å²) in [6.07, 6.45) is 0. The highest BCUT2D eigenvalue weighted by Crippen LogP contribution is 2.35. The van der Waals surface area contributed by atoms with Crippen molar-refractivity contribution in [3.8, 4) is 5.75 Å². The third-order valence-electron chi connectivity index (χ3n) is 3.25. The Bertz CT molecular complexity index is 408. The van der Waals surface area contributed by atoms with Gasteiger partial charge in [0.25, 0.3) is 0 Å². The van der Waals surface area contributed by atoms with Gasteiger partial charge >= 0.3 is 0 Å². The van der Waals surface area contributed by atoms with Gasteiger partial charge in [-0.1, -0.05) is 17.7 Å². The largest absolute Gasteiger partial charge is 0.506 e. The number of hydrogen-bond donors (Lipinski definition) is 2. The molecule has 0 amide bonds. The molecule has 0 aliphatic carbocycles. The Hall–Kier alpha value is -0.840. The number of nitrogens with zero attached hydrogens (tertiary/aromatic N) is 1. The monoisotopic (exact) mass is 258 g/mol. The number of halogens is 2. The maximum Gasteiger partial charge on any atom is 0.145 e. The molecule has 2 rings (SSSR count). The van der Waals surface area contributed by atoms with Crippen molar-refractivity contribution < 1.29 is 9.50 Å². The fraction of sp³-hybridized carbons (Fsp3) is 0.500. The van der Waals surface area contributed by atoms with E-state index in [0.717, 1.165) is 26.2 Å². The minimum atomic E-state index is -0.583. The summed E-state index contributed by atoms with van der Waals surface area (Å²) in [7, 11) is 0. The number of nitrogens with one attached hydrogen (secondary N) is 1. The van der Waals surface area contributed by atoms with E-state index in [4.69, 9.17) is 11.6 Å². The first-order valence-electron chi connectivity index (χ1n) is 5.73. The highest BCUT2D eigenvalue weighted by Gasteiger charge is 2.22. The van der Waals surface area contributed by atoms with E-state index >= 15 is 0 Å². The van der Waals surface area contributed by atoms with E-state index in [-0.39, 0.29) is 16.8 Å². The quantitative estimate of drug-likeness (QED) is 0.853. The van der Waals surface area contributed by atoms with Gasteiger partial charge in [-0.05, 0) is 13.0 Å². The third kappa shape index (κ3) is 2.54. The number of rotatable bonds is 2. The molecule has 1 aliphatic rings. The van der Waals surface area contributed by atoms with Crippen molar-refractivity contribution in [2.24, 2.45) is 0 Å². The Balaban J connectivity index is 2.24. The number of benzene rings is 1. The third-order valence-corrected chi connectivity index (χ3v) is 3.61. The summed E-state index contributed by atoms with van der Waals surface area (Å²) in [6, 6.07) is 2.94. The second kappa shape index (κ2) is 5.21. The van der Waals surface area contributed by atoms with E-state index in [0.29, 0.717) is 5.56 Å². The maximum absolute atomic E-state index is 13.1. The summed E-state index contributed by atoms with van der Waals surface area (Å²) in [5.41, 5.74) is 0.679. The molecule has 1 heterocycles. The van der Waals surface area contributed by atoms with Crippen molar-refractivity contribution in [3.63, 3.8) is 0 Å². The average Bonchev–Trinajstić information content (AvgIpc) is 2.36. The first-order valence-corrected chi connectivity index (χ1v) is 6.10. The first-order chi connectivity index (χ1) is 8.11. The van der Waals surface area contributed by atoms with Crippen LogP contribution >= 0.6 is 11.6 Å². The Kier molecular flexibility index (Phi) is 3.86. The number of phenols is 1. The lowest BCUT2D eigenvalue weighted by Gasteiger charge is -2.33. The molecular formula is C12H16ClFN2O. The molecule has 0 aromatic heterocycles. The lowest BCUT2D eigenvalue weighted by Crippen LogP contribution is -2.44. The van der Waals surface area contributed by atoms with Gasteiger partial charge in [0, 0.05) is 37.8 Å². The van der Waals surface area contributed by atoms with E-state index in [1.54, 1.807) is 6.07 Å². The summed E-state index contributed by atoms with van der Waals surface area (Å²) in [5.74, 6) is -0.724. The summed E-state index contributed by atoms with van der Waals surface area (Å²) in [6.45, 7) is 5.68. The van der Waals surface area contributed by atoms with E-state index in [2.05, 4.69) is 10.2 Å². The zero-order valence-corrected chi connectivity index (χ0v) is 10.5. The molecule has 0 spiro atoms. The Morgan fingerprint density at radius 1 is 1.41 bits per heavy atom. The molecule has 0 saturated carbocycles. The van der Waals surface area contributed by atoms with Gasteiger partial charge in [0.05, 0.1) is 0 Å². The van der Waals surface area contributed by atoms with Crippen molar-refractivity contribution in [2.45, 2.75) is 13.0 Å². The van der Waals surface area contributed by atoms with Gasteiger partial charge < -0.3 is 10.4 Å². The topological polar surface area (TPSA) is 35.5 Å². The van der Waals surface area contributed by atoms with Gasteiger partial charge in [-0.15, -0.1) is 0 Å². The molecule has 17 heavy (non-hydrogen) atoms. The van der Waals surface area contributed by atoms with E-state index in [9.17, 15) is 9.50 Å². The molecule has 1 saturated heterocycles. The average molecular weight is 259 g/mol. The fourth-order valence-electron chi connectivity index (χ4n) is 2.16. The van der Waals surface area contributed by atoms with Crippen LogP contribution in [-0.2, 0) is 0 Å². The first kappa shape index (κ1) is 12.6. The van der Waals surface area contributed by atoms with Crippen LogP contribution in [0.3, 0.4) is 0 Å². The zero-order chi connectivity index (χ0) is 12.4. The van der Waals surface area contributed by atoms with Gasteiger partial charge in [-0.2, -0.15) is 0 Å². The van der Waals surface area contributed by atoms with Crippen LogP contribution in [0.2, 0.25) is 5.02 Å². The summed E-state index contributed by atoms with van der Waals surface area (Å²) >= 11 is 5.71. The van der Waals surface area contributed by atoms with Gasteiger partial charge in [-0.25, -0.2) is 4.39 Å². The van der Waals surface area contributed by atoms with Crippen molar-refractivity contribution in [3.05, 3.63) is 28.5 Å². The smallest absolute Gasteiger partial charge is 0.145 e. The molecule has 3 nitrogen and oxygen atoms in total. The van der Waals surface area contributed by atoms with Crippen LogP contribution in [0.25, 0.3) is 0 Å². The van der Waals surface area contributed by atoms with Gasteiger partial charge in [-0.3, -0.25) is 4.90 Å². The summed E-state index contributed by atoms with van der Waals surface area (Å²) < 4.78 is 13.1. The van der Waals surface area contributed by atoms with Crippen molar-refractivity contribution >= 4 is 11.6 Å². The van der Waals surface area contributed by atoms with E-state index in [1.807, 2.05) is 6.92 Å². The lowest BCUT2D eigenvalue weighted by molar-refractivity contribution is 0.183. The predicted octanol–water partition coefficient (Wildman–Crippen LogP) is 2.15. The van der Waals surface area contributed by atoms with Crippen LogP contribution in [0.5, 0.6) is 5.75 Å². The van der Waals surface area contributed by atoms with Crippen molar-refractivity contribution in [2.75, 3.05) is 26.2 Å². The molecule has 1 atom stereocenters. The number of aromatic hydroxyl groups is 1. The zero-order valence-electron chi connectivity index (χ0n) is 9.71. The van der Waals surface area contributed by atoms with E-state index < -0.39 is 5.82 Å². The maximum atomic E-state index is 13.1.